The second kappa shape index (κ2) is 8.55. The van der Waals surface area contributed by atoms with Crippen molar-refractivity contribution in [2.24, 2.45) is 11.8 Å². The van der Waals surface area contributed by atoms with E-state index in [1.807, 2.05) is 0 Å². The molecule has 0 aromatic rings. The quantitative estimate of drug-likeness (QED) is 0.650. The van der Waals surface area contributed by atoms with E-state index in [4.69, 9.17) is 4.74 Å². The average molecular weight is 186 g/mol. The van der Waals surface area contributed by atoms with Crippen LogP contribution in [-0.4, -0.2) is 13.2 Å². The van der Waals surface area contributed by atoms with Gasteiger partial charge in [-0.05, 0) is 24.7 Å². The fourth-order valence-electron chi connectivity index (χ4n) is 1.18. The molecule has 0 atom stereocenters. The Bertz CT molecular complexity index is 77.7. The number of hydrogen-bond donors (Lipinski definition) is 0. The number of ether oxygens (including phenoxy) is 1. The minimum absolute atomic E-state index is 0.886. The van der Waals surface area contributed by atoms with E-state index in [0.29, 0.717) is 0 Å². The summed E-state index contributed by atoms with van der Waals surface area (Å²) >= 11 is 0. The molecule has 1 fully saturated rings. The first-order valence-corrected chi connectivity index (χ1v) is 5.70. The Kier molecular flexibility index (Phi) is 8.53. The molecule has 1 heteroatoms. The van der Waals surface area contributed by atoms with Crippen LogP contribution in [0.25, 0.3) is 0 Å². The third-order valence-electron chi connectivity index (χ3n) is 2.15. The summed E-state index contributed by atoms with van der Waals surface area (Å²) in [6.07, 6.45) is 5.33. The third-order valence-corrected chi connectivity index (χ3v) is 2.15. The van der Waals surface area contributed by atoms with Crippen LogP contribution in [0.3, 0.4) is 0 Å². The van der Waals surface area contributed by atoms with Gasteiger partial charge in [-0.15, -0.1) is 0 Å². The first-order valence-electron chi connectivity index (χ1n) is 5.70. The van der Waals surface area contributed by atoms with E-state index >= 15 is 0 Å². The van der Waals surface area contributed by atoms with Gasteiger partial charge in [0, 0.05) is 13.2 Å². The summed E-state index contributed by atoms with van der Waals surface area (Å²) in [6, 6.07) is 0. The van der Waals surface area contributed by atoms with Gasteiger partial charge in [0.05, 0.1) is 0 Å². The van der Waals surface area contributed by atoms with E-state index in [-0.39, 0.29) is 0 Å². The lowest BCUT2D eigenvalue weighted by atomic mass is 10.0. The van der Waals surface area contributed by atoms with Crippen molar-refractivity contribution in [2.45, 2.75) is 53.4 Å². The fraction of sp³-hybridized carbons (Fsp3) is 1.00. The molecule has 0 aliphatic carbocycles. The van der Waals surface area contributed by atoms with Crippen LogP contribution < -0.4 is 0 Å². The number of rotatable bonds is 3. The van der Waals surface area contributed by atoms with Gasteiger partial charge >= 0.3 is 0 Å². The lowest BCUT2D eigenvalue weighted by Gasteiger charge is -2.05. The van der Waals surface area contributed by atoms with E-state index in [1.54, 1.807) is 0 Å². The van der Waals surface area contributed by atoms with Crippen LogP contribution in [0.4, 0.5) is 0 Å². The van der Waals surface area contributed by atoms with Crippen LogP contribution in [0.2, 0.25) is 0 Å². The summed E-state index contributed by atoms with van der Waals surface area (Å²) in [5.41, 5.74) is 0. The molecular formula is C12H26O. The van der Waals surface area contributed by atoms with Gasteiger partial charge in [0.2, 0.25) is 0 Å². The van der Waals surface area contributed by atoms with Gasteiger partial charge in [-0.3, -0.25) is 0 Å². The largest absolute Gasteiger partial charge is 0.381 e. The van der Waals surface area contributed by atoms with E-state index in [2.05, 4.69) is 27.7 Å². The third kappa shape index (κ3) is 12.0. The summed E-state index contributed by atoms with van der Waals surface area (Å²) in [7, 11) is 0. The Balaban J connectivity index is 0.000000243. The smallest absolute Gasteiger partial charge is 0.0466 e. The van der Waals surface area contributed by atoms with Gasteiger partial charge in [0.1, 0.15) is 0 Å². The van der Waals surface area contributed by atoms with Crippen molar-refractivity contribution in [3.63, 3.8) is 0 Å². The normalized spacial score (nSPS) is 16.2. The monoisotopic (exact) mass is 186 g/mol. The van der Waals surface area contributed by atoms with Gasteiger partial charge in [-0.25, -0.2) is 0 Å². The van der Waals surface area contributed by atoms with Crippen LogP contribution >= 0.6 is 0 Å². The average Bonchev–Trinajstić information content (AvgIpc) is 2.57. The van der Waals surface area contributed by atoms with Crippen molar-refractivity contribution in [1.82, 2.24) is 0 Å². The minimum Gasteiger partial charge on any atom is -0.381 e. The Hall–Kier alpha value is -0.0400. The van der Waals surface area contributed by atoms with Crippen molar-refractivity contribution in [2.75, 3.05) is 13.2 Å². The van der Waals surface area contributed by atoms with Crippen molar-refractivity contribution in [3.8, 4) is 0 Å². The Morgan fingerprint density at radius 3 is 1.38 bits per heavy atom. The molecule has 0 saturated carbocycles. The second-order valence-electron chi connectivity index (χ2n) is 4.68. The maximum Gasteiger partial charge on any atom is 0.0466 e. The highest BCUT2D eigenvalue weighted by atomic mass is 16.5. The minimum atomic E-state index is 0.886. The lowest BCUT2D eigenvalue weighted by molar-refractivity contribution is 0.198. The molecule has 0 N–H and O–H groups in total. The zero-order valence-electron chi connectivity index (χ0n) is 9.81. The van der Waals surface area contributed by atoms with E-state index in [0.717, 1.165) is 25.0 Å². The molecule has 80 valence electrons. The molecule has 1 saturated heterocycles. The van der Waals surface area contributed by atoms with Gasteiger partial charge < -0.3 is 4.74 Å². The SMILES string of the molecule is C1CCOC1.CC(C)CCC(C)C. The maximum atomic E-state index is 4.94. The molecule has 0 aromatic heterocycles. The van der Waals surface area contributed by atoms with Crippen molar-refractivity contribution < 1.29 is 4.74 Å². The molecule has 13 heavy (non-hydrogen) atoms. The topological polar surface area (TPSA) is 9.23 Å². The van der Waals surface area contributed by atoms with E-state index in [9.17, 15) is 0 Å². The highest BCUT2D eigenvalue weighted by Crippen LogP contribution is 2.09. The van der Waals surface area contributed by atoms with E-state index < -0.39 is 0 Å². The first-order chi connectivity index (χ1) is 6.13. The van der Waals surface area contributed by atoms with Crippen LogP contribution in [0.5, 0.6) is 0 Å². The van der Waals surface area contributed by atoms with Crippen molar-refractivity contribution >= 4 is 0 Å². The highest BCUT2D eigenvalue weighted by molar-refractivity contribution is 4.48. The Morgan fingerprint density at radius 1 is 0.846 bits per heavy atom. The van der Waals surface area contributed by atoms with Crippen LogP contribution in [0, 0.1) is 11.8 Å². The lowest BCUT2D eigenvalue weighted by Crippen LogP contribution is -1.91. The molecule has 0 unspecified atom stereocenters. The fourth-order valence-corrected chi connectivity index (χ4v) is 1.18. The molecule has 1 nitrogen and oxygen atoms in total. The summed E-state index contributed by atoms with van der Waals surface area (Å²) in [6.45, 7) is 11.1. The zero-order valence-corrected chi connectivity index (χ0v) is 9.81. The predicted molar refractivity (Wildman–Crippen MR) is 59.0 cm³/mol. The zero-order chi connectivity index (χ0) is 10.1. The molecule has 0 spiro atoms. The molecular weight excluding hydrogens is 160 g/mol. The molecule has 1 aliphatic heterocycles. The molecule has 0 aromatic carbocycles. The first kappa shape index (κ1) is 13.0. The van der Waals surface area contributed by atoms with Gasteiger partial charge in [-0.2, -0.15) is 0 Å². The predicted octanol–water partition coefficient (Wildman–Crippen LogP) is 3.88. The molecule has 1 heterocycles. The molecule has 0 bridgehead atoms. The summed E-state index contributed by atoms with van der Waals surface area (Å²) in [5, 5.41) is 0. The second-order valence-corrected chi connectivity index (χ2v) is 4.68. The van der Waals surface area contributed by atoms with Crippen molar-refractivity contribution in [3.05, 3.63) is 0 Å². The number of hydrogen-bond acceptors (Lipinski definition) is 1. The van der Waals surface area contributed by atoms with Crippen LogP contribution in [-0.2, 0) is 4.74 Å². The van der Waals surface area contributed by atoms with E-state index in [1.165, 1.54) is 25.7 Å². The summed E-state index contributed by atoms with van der Waals surface area (Å²) in [5.74, 6) is 1.77. The Morgan fingerprint density at radius 2 is 1.23 bits per heavy atom. The standard InChI is InChI=1S/C8H18.C4H8O/c1-7(2)5-6-8(3)4;1-2-4-5-3-1/h7-8H,5-6H2,1-4H3;1-4H2. The van der Waals surface area contributed by atoms with Gasteiger partial charge in [0.25, 0.3) is 0 Å². The van der Waals surface area contributed by atoms with Gasteiger partial charge in [0.15, 0.2) is 0 Å². The van der Waals surface area contributed by atoms with Crippen molar-refractivity contribution in [1.29, 1.82) is 0 Å². The summed E-state index contributed by atoms with van der Waals surface area (Å²) in [4.78, 5) is 0. The maximum absolute atomic E-state index is 4.94. The van der Waals surface area contributed by atoms with Gasteiger partial charge in [-0.1, -0.05) is 40.5 Å². The molecule has 0 amide bonds. The molecule has 0 radical (unpaired) electrons. The molecule has 1 aliphatic rings. The Labute approximate surface area is 83.9 Å². The van der Waals surface area contributed by atoms with Crippen LogP contribution in [0.15, 0.2) is 0 Å². The molecule has 1 rings (SSSR count). The highest BCUT2D eigenvalue weighted by Gasteiger charge is 1.96. The van der Waals surface area contributed by atoms with Crippen LogP contribution in [0.1, 0.15) is 53.4 Å². The summed E-state index contributed by atoms with van der Waals surface area (Å²) < 4.78 is 4.94.